The fraction of sp³-hybridized carbons (Fsp3) is 0.938. The van der Waals surface area contributed by atoms with Gasteiger partial charge in [0, 0.05) is 6.42 Å². The van der Waals surface area contributed by atoms with Gasteiger partial charge in [0.15, 0.2) is 0 Å². The maximum Gasteiger partial charge on any atom is 0.268 e. The molecule has 0 saturated heterocycles. The Morgan fingerprint density at radius 2 is 0.947 bits per heavy atom. The van der Waals surface area contributed by atoms with Crippen molar-refractivity contribution < 1.29 is 32.9 Å². The molecule has 57 heavy (non-hydrogen) atoms. The molecule has 3 atom stereocenters. The quantitative estimate of drug-likeness (QED) is 0.0274. The van der Waals surface area contributed by atoms with Crippen LogP contribution < -0.4 is 10.2 Å². The van der Waals surface area contributed by atoms with Gasteiger partial charge >= 0.3 is 0 Å². The molecule has 0 bridgehead atoms. The number of hydrogen-bond donors (Lipinski definition) is 2. The molecular formula is C48H97N2O6P. The summed E-state index contributed by atoms with van der Waals surface area (Å²) in [5.74, 6) is -0.196. The van der Waals surface area contributed by atoms with Crippen LogP contribution in [0, 0.1) is 0 Å². The number of quaternary nitrogens is 1. The number of phosphoric ester groups is 1. The van der Waals surface area contributed by atoms with Gasteiger partial charge in [-0.2, -0.15) is 0 Å². The lowest BCUT2D eigenvalue weighted by Gasteiger charge is -2.29. The number of aliphatic hydroxyl groups is 1. The highest BCUT2D eigenvalue weighted by atomic mass is 31.2. The number of likely N-dealkylation sites (N-methyl/N-ethyl adjacent to an activating group) is 1. The number of nitrogens with zero attached hydrogens (tertiary/aromatic N) is 1. The highest BCUT2D eigenvalue weighted by Gasteiger charge is 2.23. The highest BCUT2D eigenvalue weighted by molar-refractivity contribution is 7.45. The number of aliphatic hydroxyl groups excluding tert-OH is 1. The molecule has 0 aliphatic rings. The molecule has 0 aliphatic heterocycles. The maximum atomic E-state index is 12.8. The first kappa shape index (κ1) is 56.2. The molecule has 0 aromatic heterocycles. The van der Waals surface area contributed by atoms with E-state index in [1.807, 2.05) is 27.2 Å². The summed E-state index contributed by atoms with van der Waals surface area (Å²) in [6, 6.07) is -0.879. The molecule has 0 saturated carbocycles. The lowest BCUT2D eigenvalue weighted by atomic mass is 10.0. The van der Waals surface area contributed by atoms with Crippen molar-refractivity contribution in [1.29, 1.82) is 0 Å². The van der Waals surface area contributed by atoms with Crippen LogP contribution in [-0.4, -0.2) is 68.5 Å². The SMILES string of the molecule is CCCCCCCCCCCCCCCCCCCCCCCC/C=C/C(O)C(COP(=O)([O-])OCC[N+](C)(C)C)NC(=O)CCCCCCCCCCCCC. The summed E-state index contributed by atoms with van der Waals surface area (Å²) in [5, 5.41) is 13.8. The molecular weight excluding hydrogens is 732 g/mol. The number of carbonyl (C=O) groups is 1. The number of nitrogens with one attached hydrogen (secondary N) is 1. The molecule has 0 fully saturated rings. The van der Waals surface area contributed by atoms with Gasteiger partial charge in [0.05, 0.1) is 39.9 Å². The van der Waals surface area contributed by atoms with Crippen molar-refractivity contribution in [2.45, 2.75) is 251 Å². The molecule has 0 aromatic carbocycles. The standard InChI is InChI=1S/C48H97N2O6P/c1-6-8-10-12-14-16-18-19-20-21-22-23-24-25-26-27-28-29-30-32-33-35-37-39-41-47(51)46(45-56-57(53,54)55-44-43-50(3,4)5)49-48(52)42-40-38-36-34-31-17-15-13-11-9-7-2/h39,41,46-47,51H,6-38,40,42-45H2,1-5H3,(H-,49,52,53,54)/b41-39+. The second-order valence-corrected chi connectivity index (χ2v) is 19.6. The minimum Gasteiger partial charge on any atom is -0.756 e. The number of unbranched alkanes of at least 4 members (excludes halogenated alkanes) is 32. The van der Waals surface area contributed by atoms with Crippen LogP contribution in [0.4, 0.5) is 0 Å². The van der Waals surface area contributed by atoms with Crippen LogP contribution in [0.25, 0.3) is 0 Å². The first-order valence-electron chi connectivity index (χ1n) is 24.6. The summed E-state index contributed by atoms with van der Waals surface area (Å²) in [6.07, 6.45) is 47.0. The number of rotatable bonds is 45. The minimum absolute atomic E-state index is 0.00214. The topological polar surface area (TPSA) is 108 Å². The molecule has 0 spiro atoms. The largest absolute Gasteiger partial charge is 0.756 e. The van der Waals surface area contributed by atoms with Gasteiger partial charge in [-0.1, -0.05) is 225 Å². The second kappa shape index (κ2) is 40.6. The summed E-state index contributed by atoms with van der Waals surface area (Å²) in [5.41, 5.74) is 0. The van der Waals surface area contributed by atoms with Gasteiger partial charge in [0.1, 0.15) is 13.2 Å². The van der Waals surface area contributed by atoms with Crippen molar-refractivity contribution in [1.82, 2.24) is 5.32 Å². The average Bonchev–Trinajstić information content (AvgIpc) is 3.16. The molecule has 8 nitrogen and oxygen atoms in total. The molecule has 0 rings (SSSR count). The Morgan fingerprint density at radius 3 is 1.32 bits per heavy atom. The Morgan fingerprint density at radius 1 is 0.596 bits per heavy atom. The fourth-order valence-corrected chi connectivity index (χ4v) is 8.05. The molecule has 0 aromatic rings. The van der Waals surface area contributed by atoms with Crippen molar-refractivity contribution in [3.8, 4) is 0 Å². The van der Waals surface area contributed by atoms with E-state index in [1.54, 1.807) is 6.08 Å². The van der Waals surface area contributed by atoms with Crippen LogP contribution in [0.15, 0.2) is 12.2 Å². The van der Waals surface area contributed by atoms with Gasteiger partial charge in [-0.25, -0.2) is 0 Å². The van der Waals surface area contributed by atoms with E-state index >= 15 is 0 Å². The molecule has 9 heteroatoms. The highest BCUT2D eigenvalue weighted by Crippen LogP contribution is 2.38. The third-order valence-electron chi connectivity index (χ3n) is 11.2. The zero-order valence-corrected chi connectivity index (χ0v) is 39.5. The number of hydrogen-bond acceptors (Lipinski definition) is 6. The van der Waals surface area contributed by atoms with E-state index in [4.69, 9.17) is 9.05 Å². The van der Waals surface area contributed by atoms with Crippen LogP contribution in [-0.2, 0) is 18.4 Å². The lowest BCUT2D eigenvalue weighted by Crippen LogP contribution is -2.45. The van der Waals surface area contributed by atoms with E-state index in [0.717, 1.165) is 38.5 Å². The molecule has 0 radical (unpaired) electrons. The third-order valence-corrected chi connectivity index (χ3v) is 12.2. The van der Waals surface area contributed by atoms with Crippen LogP contribution >= 0.6 is 7.82 Å². The monoisotopic (exact) mass is 829 g/mol. The summed E-state index contributed by atoms with van der Waals surface area (Å²) in [6.45, 7) is 4.66. The lowest BCUT2D eigenvalue weighted by molar-refractivity contribution is -0.870. The van der Waals surface area contributed by atoms with Gasteiger partial charge in [-0.05, 0) is 19.3 Å². The first-order valence-corrected chi connectivity index (χ1v) is 26.0. The normalized spacial score (nSPS) is 14.3. The molecule has 3 unspecified atom stereocenters. The number of amides is 1. The minimum atomic E-state index is -4.58. The van der Waals surface area contributed by atoms with E-state index in [1.165, 1.54) is 180 Å². The van der Waals surface area contributed by atoms with Crippen molar-refractivity contribution >= 4 is 13.7 Å². The van der Waals surface area contributed by atoms with Crippen LogP contribution in [0.1, 0.15) is 239 Å². The van der Waals surface area contributed by atoms with E-state index < -0.39 is 20.0 Å². The summed E-state index contributed by atoms with van der Waals surface area (Å²) >= 11 is 0. The van der Waals surface area contributed by atoms with E-state index in [2.05, 4.69) is 19.2 Å². The molecule has 340 valence electrons. The maximum absolute atomic E-state index is 12.8. The number of allylic oxidation sites excluding steroid dienone is 1. The molecule has 0 heterocycles. The Hall–Kier alpha value is -0.760. The molecule has 0 aliphatic carbocycles. The summed E-state index contributed by atoms with van der Waals surface area (Å²) in [4.78, 5) is 25.3. The first-order chi connectivity index (χ1) is 27.5. The van der Waals surface area contributed by atoms with Gasteiger partial charge in [0.25, 0.3) is 7.82 Å². The van der Waals surface area contributed by atoms with Gasteiger partial charge in [-0.15, -0.1) is 0 Å². The van der Waals surface area contributed by atoms with E-state index in [0.29, 0.717) is 17.4 Å². The van der Waals surface area contributed by atoms with Crippen molar-refractivity contribution in [2.24, 2.45) is 0 Å². The average molecular weight is 829 g/mol. The van der Waals surface area contributed by atoms with Crippen molar-refractivity contribution in [2.75, 3.05) is 40.9 Å². The Bertz CT molecular complexity index is 942. The number of phosphoric acid groups is 1. The third kappa shape index (κ3) is 43.1. The van der Waals surface area contributed by atoms with Gasteiger partial charge in [-0.3, -0.25) is 9.36 Å². The smallest absolute Gasteiger partial charge is 0.268 e. The van der Waals surface area contributed by atoms with Gasteiger partial charge < -0.3 is 28.8 Å². The van der Waals surface area contributed by atoms with Crippen LogP contribution in [0.2, 0.25) is 0 Å². The summed E-state index contributed by atoms with van der Waals surface area (Å²) < 4.78 is 23.2. The Balaban J connectivity index is 4.21. The number of carbonyl (C=O) groups excluding carboxylic acids is 1. The Kier molecular flexibility index (Phi) is 40.1. The van der Waals surface area contributed by atoms with Crippen LogP contribution in [0.5, 0.6) is 0 Å². The molecule has 1 amide bonds. The molecule has 2 N–H and O–H groups in total. The van der Waals surface area contributed by atoms with E-state index in [9.17, 15) is 19.4 Å². The van der Waals surface area contributed by atoms with Crippen LogP contribution in [0.3, 0.4) is 0 Å². The van der Waals surface area contributed by atoms with Crippen molar-refractivity contribution in [3.05, 3.63) is 12.2 Å². The van der Waals surface area contributed by atoms with Crippen molar-refractivity contribution in [3.63, 3.8) is 0 Å². The second-order valence-electron chi connectivity index (χ2n) is 18.2. The van der Waals surface area contributed by atoms with E-state index in [-0.39, 0.29) is 19.1 Å². The fourth-order valence-electron chi connectivity index (χ4n) is 7.33. The Labute approximate surface area is 354 Å². The predicted molar refractivity (Wildman–Crippen MR) is 242 cm³/mol. The predicted octanol–water partition coefficient (Wildman–Crippen LogP) is 13.3. The zero-order chi connectivity index (χ0) is 42.1. The van der Waals surface area contributed by atoms with Gasteiger partial charge in [0.2, 0.25) is 5.91 Å². The summed E-state index contributed by atoms with van der Waals surface area (Å²) in [7, 11) is 1.27. The zero-order valence-electron chi connectivity index (χ0n) is 38.6.